The minimum atomic E-state index is -5.17. The Balaban J connectivity index is 1.92. The Bertz CT molecular complexity index is 1050. The monoisotopic (exact) mass is 497 g/mol. The molecule has 1 saturated carbocycles. The van der Waals surface area contributed by atoms with Crippen LogP contribution in [-0.2, 0) is 29.0 Å². The summed E-state index contributed by atoms with van der Waals surface area (Å²) in [7, 11) is -4.75. The molecular weight excluding hydrogens is 476 g/mol. The molecule has 1 aliphatic rings. The summed E-state index contributed by atoms with van der Waals surface area (Å²) in [4.78, 5) is -1.13. The fraction of sp³-hybridized carbons (Fsp3) is 0.429. The number of aliphatic hydroxyl groups excluding tert-OH is 1. The largest absolute Gasteiger partial charge is 0.488 e. The highest BCUT2D eigenvalue weighted by molar-refractivity contribution is 7.89. The van der Waals surface area contributed by atoms with Crippen molar-refractivity contribution in [2.24, 2.45) is 0 Å². The van der Waals surface area contributed by atoms with Crippen LogP contribution in [0, 0.1) is 0 Å². The Morgan fingerprint density at radius 2 is 1.52 bits per heavy atom. The molecule has 0 aromatic heterocycles. The first-order valence-corrected chi connectivity index (χ1v) is 11.5. The first-order chi connectivity index (χ1) is 15.3. The van der Waals surface area contributed by atoms with Crippen molar-refractivity contribution in [3.63, 3.8) is 0 Å². The van der Waals surface area contributed by atoms with Gasteiger partial charge >= 0.3 is 12.4 Å². The second-order valence-electron chi connectivity index (χ2n) is 7.68. The van der Waals surface area contributed by atoms with Gasteiger partial charge in [0.05, 0.1) is 28.7 Å². The summed E-state index contributed by atoms with van der Waals surface area (Å²) in [6.07, 6.45) is -9.11. The van der Waals surface area contributed by atoms with E-state index >= 15 is 0 Å². The molecule has 2 aromatic rings. The maximum atomic E-state index is 13.1. The molecule has 33 heavy (non-hydrogen) atoms. The topological polar surface area (TPSA) is 75.6 Å². The number of benzene rings is 2. The predicted molar refractivity (Wildman–Crippen MR) is 106 cm³/mol. The highest BCUT2D eigenvalue weighted by Crippen LogP contribution is 2.37. The number of halogens is 6. The molecule has 1 fully saturated rings. The van der Waals surface area contributed by atoms with Crippen LogP contribution in [0.25, 0.3) is 0 Å². The molecule has 0 radical (unpaired) electrons. The Morgan fingerprint density at radius 1 is 0.939 bits per heavy atom. The zero-order valence-corrected chi connectivity index (χ0v) is 17.9. The summed E-state index contributed by atoms with van der Waals surface area (Å²) in [5.74, 6) is 0.314. The molecular formula is C21H21F6NO4S. The molecule has 1 aliphatic carbocycles. The molecule has 0 bridgehead atoms. The fourth-order valence-electron chi connectivity index (χ4n) is 3.63. The van der Waals surface area contributed by atoms with Crippen LogP contribution < -0.4 is 9.46 Å². The zero-order chi connectivity index (χ0) is 24.4. The molecule has 0 saturated heterocycles. The lowest BCUT2D eigenvalue weighted by Crippen LogP contribution is -2.47. The van der Waals surface area contributed by atoms with E-state index in [1.165, 1.54) is 0 Å². The number of para-hydroxylation sites is 1. The standard InChI is InChI=1S/C21H21F6NO4S/c22-20(23,24)14-9-15(21(25,26)27)11-16(10-14)33(30,31)28-17-6-2-4-8-19(17)32-18-7-3-1-5-13(18)12-29/h1,3,5,7,9-11,17,19,28-29H,2,4,6,8,12H2/t17-,19-/m1/s1. The zero-order valence-electron chi connectivity index (χ0n) is 17.1. The van der Waals surface area contributed by atoms with E-state index in [4.69, 9.17) is 4.74 Å². The summed E-state index contributed by atoms with van der Waals surface area (Å²) in [5.41, 5.74) is -2.98. The van der Waals surface area contributed by atoms with Crippen molar-refractivity contribution in [1.29, 1.82) is 0 Å². The maximum Gasteiger partial charge on any atom is 0.416 e. The molecule has 5 nitrogen and oxygen atoms in total. The minimum absolute atomic E-state index is 0.128. The fourth-order valence-corrected chi connectivity index (χ4v) is 5.00. The molecule has 2 aromatic carbocycles. The number of hydrogen-bond donors (Lipinski definition) is 2. The highest BCUT2D eigenvalue weighted by Gasteiger charge is 2.39. The van der Waals surface area contributed by atoms with Gasteiger partial charge in [-0.15, -0.1) is 0 Å². The van der Waals surface area contributed by atoms with E-state index in [2.05, 4.69) is 4.72 Å². The quantitative estimate of drug-likeness (QED) is 0.558. The number of hydrogen-bond acceptors (Lipinski definition) is 4. The van der Waals surface area contributed by atoms with Crippen molar-refractivity contribution >= 4 is 10.0 Å². The smallest absolute Gasteiger partial charge is 0.416 e. The van der Waals surface area contributed by atoms with Crippen molar-refractivity contribution in [2.75, 3.05) is 0 Å². The Hall–Kier alpha value is -2.31. The highest BCUT2D eigenvalue weighted by atomic mass is 32.2. The van der Waals surface area contributed by atoms with Gasteiger partial charge in [0.15, 0.2) is 0 Å². The van der Waals surface area contributed by atoms with Crippen LogP contribution in [0.4, 0.5) is 26.3 Å². The second kappa shape index (κ2) is 9.51. The third-order valence-electron chi connectivity index (χ3n) is 5.30. The van der Waals surface area contributed by atoms with Crippen LogP contribution in [0.2, 0.25) is 0 Å². The molecule has 3 rings (SSSR count). The van der Waals surface area contributed by atoms with Crippen LogP contribution in [0.5, 0.6) is 5.75 Å². The third kappa shape index (κ3) is 6.18. The summed E-state index contributed by atoms with van der Waals surface area (Å²) in [6, 6.07) is 5.85. The molecule has 0 heterocycles. The Kier molecular flexibility index (Phi) is 7.30. The van der Waals surface area contributed by atoms with E-state index in [9.17, 15) is 39.9 Å². The van der Waals surface area contributed by atoms with Crippen molar-refractivity contribution in [3.8, 4) is 5.75 Å². The van der Waals surface area contributed by atoms with Crippen LogP contribution in [-0.4, -0.2) is 25.7 Å². The summed E-state index contributed by atoms with van der Waals surface area (Å²) < 4.78 is 113. The van der Waals surface area contributed by atoms with E-state index in [0.717, 1.165) is 0 Å². The molecule has 0 unspecified atom stereocenters. The van der Waals surface area contributed by atoms with Gasteiger partial charge in [0.1, 0.15) is 11.9 Å². The van der Waals surface area contributed by atoms with Gasteiger partial charge in [0.2, 0.25) is 10.0 Å². The average molecular weight is 497 g/mol. The number of aliphatic hydroxyl groups is 1. The minimum Gasteiger partial charge on any atom is -0.488 e. The van der Waals surface area contributed by atoms with E-state index < -0.39 is 50.5 Å². The predicted octanol–water partition coefficient (Wildman–Crippen LogP) is 4.89. The number of alkyl halides is 6. The van der Waals surface area contributed by atoms with Crippen molar-refractivity contribution < 1.29 is 44.6 Å². The number of rotatable bonds is 6. The van der Waals surface area contributed by atoms with Crippen LogP contribution >= 0.6 is 0 Å². The van der Waals surface area contributed by atoms with Gasteiger partial charge in [-0.3, -0.25) is 0 Å². The SMILES string of the molecule is O=S(=O)(N[C@@H]1CCCC[C@H]1Oc1ccccc1CO)c1cc(C(F)(F)F)cc(C(F)(F)F)c1. The normalized spacial score (nSPS) is 20.0. The Labute approximate surface area is 186 Å². The van der Waals surface area contributed by atoms with Crippen molar-refractivity contribution in [3.05, 3.63) is 59.2 Å². The van der Waals surface area contributed by atoms with E-state index in [1.807, 2.05) is 0 Å². The van der Waals surface area contributed by atoms with Gasteiger partial charge in [-0.05, 0) is 43.5 Å². The van der Waals surface area contributed by atoms with Crippen LogP contribution in [0.3, 0.4) is 0 Å². The summed E-state index contributed by atoms with van der Waals surface area (Å²) in [6.45, 7) is -0.330. The first kappa shape index (κ1) is 25.3. The van der Waals surface area contributed by atoms with Crippen molar-refractivity contribution in [1.82, 2.24) is 4.72 Å². The van der Waals surface area contributed by atoms with Crippen LogP contribution in [0.15, 0.2) is 47.4 Å². The molecule has 2 N–H and O–H groups in total. The number of sulfonamides is 1. The van der Waals surface area contributed by atoms with Crippen molar-refractivity contribution in [2.45, 2.75) is 61.7 Å². The van der Waals surface area contributed by atoms with Gasteiger partial charge in [-0.2, -0.15) is 26.3 Å². The average Bonchev–Trinajstić information content (AvgIpc) is 2.74. The van der Waals surface area contributed by atoms with E-state index in [-0.39, 0.29) is 31.2 Å². The molecule has 0 spiro atoms. The maximum absolute atomic E-state index is 13.1. The summed E-state index contributed by atoms with van der Waals surface area (Å²) >= 11 is 0. The lowest BCUT2D eigenvalue weighted by molar-refractivity contribution is -0.143. The van der Waals surface area contributed by atoms with Gasteiger partial charge < -0.3 is 9.84 Å². The lowest BCUT2D eigenvalue weighted by atomic mass is 9.93. The van der Waals surface area contributed by atoms with Gasteiger partial charge in [0, 0.05) is 5.56 Å². The molecule has 0 amide bonds. The summed E-state index contributed by atoms with van der Waals surface area (Å²) in [5, 5.41) is 9.46. The first-order valence-electron chi connectivity index (χ1n) is 9.98. The van der Waals surface area contributed by atoms with E-state index in [1.54, 1.807) is 24.3 Å². The molecule has 2 atom stereocenters. The number of ether oxygens (including phenoxy) is 1. The molecule has 12 heteroatoms. The van der Waals surface area contributed by atoms with E-state index in [0.29, 0.717) is 30.6 Å². The number of nitrogens with one attached hydrogen (secondary N) is 1. The molecule has 182 valence electrons. The van der Waals surface area contributed by atoms with Gasteiger partial charge in [-0.1, -0.05) is 24.6 Å². The van der Waals surface area contributed by atoms with Crippen LogP contribution in [0.1, 0.15) is 42.4 Å². The molecule has 0 aliphatic heterocycles. The second-order valence-corrected chi connectivity index (χ2v) is 9.39. The van der Waals surface area contributed by atoms with Gasteiger partial charge in [0.25, 0.3) is 0 Å². The lowest BCUT2D eigenvalue weighted by Gasteiger charge is -2.32. The van der Waals surface area contributed by atoms with Gasteiger partial charge in [-0.25, -0.2) is 13.1 Å². The third-order valence-corrected chi connectivity index (χ3v) is 6.77. The Morgan fingerprint density at radius 3 is 2.09 bits per heavy atom.